The average Bonchev–Trinajstić information content (AvgIpc) is 2.48. The molecule has 0 saturated carbocycles. The van der Waals surface area contributed by atoms with Crippen molar-refractivity contribution in [2.24, 2.45) is 0 Å². The van der Waals surface area contributed by atoms with E-state index in [1.807, 2.05) is 24.3 Å². The number of hydrogen-bond acceptors (Lipinski definition) is 3. The Kier molecular flexibility index (Phi) is 3.58. The molecule has 0 aliphatic carbocycles. The lowest BCUT2D eigenvalue weighted by molar-refractivity contribution is 0.515. The molecule has 0 amide bonds. The number of nitrogens with zero attached hydrogens (tertiary/aromatic N) is 1. The monoisotopic (exact) mass is 342 g/mol. The molecule has 1 heterocycles. The molecule has 1 aromatic heterocycles. The zero-order valence-corrected chi connectivity index (χ0v) is 12.5. The second kappa shape index (κ2) is 5.54. The van der Waals surface area contributed by atoms with Crippen molar-refractivity contribution in [3.8, 4) is 0 Å². The van der Waals surface area contributed by atoms with E-state index in [-0.39, 0.29) is 17.0 Å². The van der Waals surface area contributed by atoms with Crippen molar-refractivity contribution in [1.82, 2.24) is 9.97 Å². The van der Waals surface area contributed by atoms with E-state index in [1.165, 1.54) is 6.08 Å². The number of rotatable bonds is 2. The van der Waals surface area contributed by atoms with E-state index in [9.17, 15) is 9.90 Å². The van der Waals surface area contributed by atoms with Gasteiger partial charge in [0.25, 0.3) is 5.56 Å². The Balaban J connectivity index is 2.07. The largest absolute Gasteiger partial charge is 0.507 e. The van der Waals surface area contributed by atoms with Crippen LogP contribution in [0.5, 0.6) is 0 Å². The minimum atomic E-state index is -0.336. The van der Waals surface area contributed by atoms with E-state index in [1.54, 1.807) is 24.3 Å². The molecule has 0 aliphatic heterocycles. The second-order valence-electron chi connectivity index (χ2n) is 4.50. The molecule has 21 heavy (non-hydrogen) atoms. The number of nitrogens with one attached hydrogen (secondary N) is 1. The first-order valence-electron chi connectivity index (χ1n) is 6.29. The summed E-state index contributed by atoms with van der Waals surface area (Å²) >= 11 is 3.33. The quantitative estimate of drug-likeness (QED) is 0.697. The van der Waals surface area contributed by atoms with Gasteiger partial charge in [-0.25, -0.2) is 4.98 Å². The Hall–Kier alpha value is -2.40. The highest BCUT2D eigenvalue weighted by Crippen LogP contribution is 2.17. The summed E-state index contributed by atoms with van der Waals surface area (Å²) in [4.78, 5) is 19.0. The third-order valence-corrected chi connectivity index (χ3v) is 3.57. The first-order chi connectivity index (χ1) is 10.1. The molecule has 0 aliphatic rings. The number of benzene rings is 2. The minimum absolute atomic E-state index is 0.00391. The molecule has 3 aromatic rings. The van der Waals surface area contributed by atoms with Gasteiger partial charge in [-0.2, -0.15) is 0 Å². The van der Waals surface area contributed by atoms with Crippen LogP contribution in [0.3, 0.4) is 0 Å². The van der Waals surface area contributed by atoms with Crippen molar-refractivity contribution in [2.45, 2.75) is 0 Å². The molecular weight excluding hydrogens is 332 g/mol. The maximum Gasteiger partial charge on any atom is 0.274 e. The highest BCUT2D eigenvalue weighted by molar-refractivity contribution is 9.10. The third-order valence-electron chi connectivity index (χ3n) is 3.04. The zero-order valence-electron chi connectivity index (χ0n) is 10.9. The highest BCUT2D eigenvalue weighted by atomic mass is 79.9. The molecule has 5 heteroatoms. The molecule has 104 valence electrons. The van der Waals surface area contributed by atoms with Crippen LogP contribution >= 0.6 is 15.9 Å². The summed E-state index contributed by atoms with van der Waals surface area (Å²) < 4.78 is 0.917. The van der Waals surface area contributed by atoms with Crippen LogP contribution in [0.2, 0.25) is 0 Å². The summed E-state index contributed by atoms with van der Waals surface area (Å²) in [6, 6.07) is 14.4. The van der Waals surface area contributed by atoms with Gasteiger partial charge in [0.15, 0.2) is 0 Å². The van der Waals surface area contributed by atoms with Crippen LogP contribution in [-0.2, 0) is 0 Å². The minimum Gasteiger partial charge on any atom is -0.507 e. The molecule has 4 nitrogen and oxygen atoms in total. The number of aromatic nitrogens is 2. The van der Waals surface area contributed by atoms with Gasteiger partial charge in [0.1, 0.15) is 11.5 Å². The van der Waals surface area contributed by atoms with Crippen LogP contribution in [0.1, 0.15) is 11.3 Å². The topological polar surface area (TPSA) is 66.0 Å². The summed E-state index contributed by atoms with van der Waals surface area (Å²) in [5.41, 5.74) is 1.80. The standard InChI is InChI=1S/C16H11BrN2O2/c17-11-7-5-10(6-8-11)15(20)9-14-16(21)19-13-4-2-1-3-12(13)18-14/h1-9,20H,(H,19,21)/b15-9-. The van der Waals surface area contributed by atoms with Gasteiger partial charge in [-0.3, -0.25) is 4.79 Å². The number of hydrogen-bond donors (Lipinski definition) is 2. The zero-order chi connectivity index (χ0) is 14.8. The number of para-hydroxylation sites is 2. The van der Waals surface area contributed by atoms with Gasteiger partial charge >= 0.3 is 0 Å². The number of aromatic amines is 1. The van der Waals surface area contributed by atoms with E-state index < -0.39 is 0 Å². The Morgan fingerprint density at radius 3 is 2.62 bits per heavy atom. The molecule has 0 saturated heterocycles. The lowest BCUT2D eigenvalue weighted by Gasteiger charge is -2.02. The van der Waals surface area contributed by atoms with E-state index in [0.717, 1.165) is 4.47 Å². The van der Waals surface area contributed by atoms with Gasteiger partial charge in [-0.15, -0.1) is 0 Å². The fraction of sp³-hybridized carbons (Fsp3) is 0. The Bertz CT molecular complexity index is 883. The molecule has 0 bridgehead atoms. The Morgan fingerprint density at radius 2 is 1.86 bits per heavy atom. The summed E-state index contributed by atoms with van der Waals surface area (Å²) in [5, 5.41) is 10.1. The molecule has 0 unspecified atom stereocenters. The smallest absolute Gasteiger partial charge is 0.274 e. The summed E-state index contributed by atoms with van der Waals surface area (Å²) in [6.07, 6.45) is 1.37. The van der Waals surface area contributed by atoms with Crippen LogP contribution in [0.4, 0.5) is 0 Å². The van der Waals surface area contributed by atoms with Crippen LogP contribution in [0.25, 0.3) is 22.9 Å². The summed E-state index contributed by atoms with van der Waals surface area (Å²) in [6.45, 7) is 0. The van der Waals surface area contributed by atoms with Crippen molar-refractivity contribution in [3.05, 3.63) is 74.6 Å². The number of H-pyrrole nitrogens is 1. The molecule has 0 radical (unpaired) electrons. The normalized spacial score (nSPS) is 11.8. The number of aliphatic hydroxyl groups excluding tert-OH is 1. The molecular formula is C16H11BrN2O2. The molecule has 2 N–H and O–H groups in total. The first-order valence-corrected chi connectivity index (χ1v) is 7.08. The number of fused-ring (bicyclic) bond motifs is 1. The van der Waals surface area contributed by atoms with Gasteiger partial charge < -0.3 is 10.1 Å². The maximum absolute atomic E-state index is 12.0. The van der Waals surface area contributed by atoms with E-state index >= 15 is 0 Å². The molecule has 2 aromatic carbocycles. The van der Waals surface area contributed by atoms with Gasteiger partial charge in [-0.1, -0.05) is 40.2 Å². The molecule has 3 rings (SSSR count). The lowest BCUT2D eigenvalue weighted by Crippen LogP contribution is -2.12. The SMILES string of the molecule is O=c1[nH]c2ccccc2nc1/C=C(\O)c1ccc(Br)cc1. The van der Waals surface area contributed by atoms with E-state index in [4.69, 9.17) is 0 Å². The average molecular weight is 343 g/mol. The Labute approximate surface area is 128 Å². The maximum atomic E-state index is 12.0. The van der Waals surface area contributed by atoms with Crippen molar-refractivity contribution in [3.63, 3.8) is 0 Å². The van der Waals surface area contributed by atoms with Crippen LogP contribution in [0.15, 0.2) is 57.8 Å². The van der Waals surface area contributed by atoms with Crippen LogP contribution in [0, 0.1) is 0 Å². The molecule has 0 atom stereocenters. The molecule has 0 spiro atoms. The van der Waals surface area contributed by atoms with Crippen LogP contribution in [-0.4, -0.2) is 15.1 Å². The summed E-state index contributed by atoms with van der Waals surface area (Å²) in [7, 11) is 0. The van der Waals surface area contributed by atoms with E-state index in [2.05, 4.69) is 25.9 Å². The van der Waals surface area contributed by atoms with Crippen molar-refractivity contribution >= 4 is 38.8 Å². The predicted octanol–water partition coefficient (Wildman–Crippen LogP) is 3.74. The number of halogens is 1. The van der Waals surface area contributed by atoms with Gasteiger partial charge in [0, 0.05) is 16.1 Å². The molecule has 0 fully saturated rings. The van der Waals surface area contributed by atoms with Crippen molar-refractivity contribution in [2.75, 3.05) is 0 Å². The first kappa shape index (κ1) is 13.6. The van der Waals surface area contributed by atoms with Crippen molar-refractivity contribution < 1.29 is 5.11 Å². The number of aliphatic hydroxyl groups is 1. The van der Waals surface area contributed by atoms with Crippen molar-refractivity contribution in [1.29, 1.82) is 0 Å². The fourth-order valence-corrected chi connectivity index (χ4v) is 2.24. The van der Waals surface area contributed by atoms with Gasteiger partial charge in [0.2, 0.25) is 0 Å². The lowest BCUT2D eigenvalue weighted by atomic mass is 10.1. The predicted molar refractivity (Wildman–Crippen MR) is 87.0 cm³/mol. The van der Waals surface area contributed by atoms with Gasteiger partial charge in [0.05, 0.1) is 11.0 Å². The third kappa shape index (κ3) is 2.87. The summed E-state index contributed by atoms with van der Waals surface area (Å²) in [5.74, 6) is -0.00391. The fourth-order valence-electron chi connectivity index (χ4n) is 1.98. The Morgan fingerprint density at radius 1 is 1.14 bits per heavy atom. The van der Waals surface area contributed by atoms with E-state index in [0.29, 0.717) is 16.6 Å². The van der Waals surface area contributed by atoms with Crippen LogP contribution < -0.4 is 5.56 Å². The van der Waals surface area contributed by atoms with Gasteiger partial charge in [-0.05, 0) is 24.3 Å². The highest BCUT2D eigenvalue weighted by Gasteiger charge is 2.05. The second-order valence-corrected chi connectivity index (χ2v) is 5.42.